The molecule has 1 aliphatic heterocycles. The summed E-state index contributed by atoms with van der Waals surface area (Å²) in [5.41, 5.74) is 0.859. The first-order valence-electron chi connectivity index (χ1n) is 5.89. The molecular weight excluding hydrogens is 236 g/mol. The van der Waals surface area contributed by atoms with Crippen molar-refractivity contribution in [3.63, 3.8) is 0 Å². The molecule has 0 radical (unpaired) electrons. The third-order valence-corrected chi connectivity index (χ3v) is 4.51. The van der Waals surface area contributed by atoms with Gasteiger partial charge in [0.15, 0.2) is 5.78 Å². The van der Waals surface area contributed by atoms with Crippen LogP contribution in [0.15, 0.2) is 0 Å². The standard InChI is InChI=1S/C12H18N2O2S/c1-8-11(10(3)15)17-12(13-8)9(2)14-4-6-16-7-5-14/h9H,4-7H2,1-3H3. The summed E-state index contributed by atoms with van der Waals surface area (Å²) >= 11 is 1.53. The molecule has 2 heterocycles. The molecule has 1 aromatic heterocycles. The van der Waals surface area contributed by atoms with Crippen molar-refractivity contribution in [2.45, 2.75) is 26.8 Å². The number of ether oxygens (including phenoxy) is 1. The highest BCUT2D eigenvalue weighted by molar-refractivity contribution is 7.13. The van der Waals surface area contributed by atoms with Gasteiger partial charge in [0, 0.05) is 20.0 Å². The number of carbonyl (C=O) groups is 1. The van der Waals surface area contributed by atoms with Gasteiger partial charge in [0.05, 0.1) is 29.8 Å². The molecule has 1 fully saturated rings. The van der Waals surface area contributed by atoms with Crippen molar-refractivity contribution in [3.8, 4) is 0 Å². The Labute approximate surface area is 106 Å². The van der Waals surface area contributed by atoms with Gasteiger partial charge < -0.3 is 4.74 Å². The summed E-state index contributed by atoms with van der Waals surface area (Å²) in [6.45, 7) is 9.10. The maximum Gasteiger partial charge on any atom is 0.171 e. The molecule has 0 bridgehead atoms. The Balaban J connectivity index is 2.15. The summed E-state index contributed by atoms with van der Waals surface area (Å²) in [7, 11) is 0. The maximum absolute atomic E-state index is 11.4. The Bertz CT molecular complexity index is 411. The van der Waals surface area contributed by atoms with E-state index in [1.807, 2.05) is 6.92 Å². The molecule has 1 saturated heterocycles. The molecule has 17 heavy (non-hydrogen) atoms. The summed E-state index contributed by atoms with van der Waals surface area (Å²) in [5.74, 6) is 0.112. The quantitative estimate of drug-likeness (QED) is 0.774. The molecule has 94 valence electrons. The van der Waals surface area contributed by atoms with Crippen molar-refractivity contribution < 1.29 is 9.53 Å². The highest BCUT2D eigenvalue weighted by Gasteiger charge is 2.22. The monoisotopic (exact) mass is 254 g/mol. The third kappa shape index (κ3) is 2.73. The second-order valence-electron chi connectivity index (χ2n) is 4.35. The zero-order chi connectivity index (χ0) is 12.4. The summed E-state index contributed by atoms with van der Waals surface area (Å²) in [5, 5.41) is 1.04. The Morgan fingerprint density at radius 2 is 2.12 bits per heavy atom. The van der Waals surface area contributed by atoms with Crippen molar-refractivity contribution >= 4 is 17.1 Å². The van der Waals surface area contributed by atoms with E-state index in [2.05, 4.69) is 16.8 Å². The molecule has 0 aliphatic carbocycles. The maximum atomic E-state index is 11.4. The highest BCUT2D eigenvalue weighted by atomic mass is 32.1. The lowest BCUT2D eigenvalue weighted by Gasteiger charge is -2.31. The lowest BCUT2D eigenvalue weighted by molar-refractivity contribution is 0.0198. The van der Waals surface area contributed by atoms with Crippen LogP contribution in [0.5, 0.6) is 0 Å². The van der Waals surface area contributed by atoms with Gasteiger partial charge in [0.25, 0.3) is 0 Å². The van der Waals surface area contributed by atoms with Gasteiger partial charge in [0.2, 0.25) is 0 Å². The molecule has 1 aliphatic rings. The number of nitrogens with zero attached hydrogens (tertiary/aromatic N) is 2. The molecule has 1 unspecified atom stereocenters. The molecule has 0 N–H and O–H groups in total. The first-order chi connectivity index (χ1) is 8.09. The van der Waals surface area contributed by atoms with E-state index in [1.54, 1.807) is 6.92 Å². The summed E-state index contributed by atoms with van der Waals surface area (Å²) in [4.78, 5) is 19.1. The highest BCUT2D eigenvalue weighted by Crippen LogP contribution is 2.28. The van der Waals surface area contributed by atoms with E-state index in [9.17, 15) is 4.79 Å². The predicted octanol–water partition coefficient (Wildman–Crippen LogP) is 2.05. The number of thiazole rings is 1. The van der Waals surface area contributed by atoms with Crippen molar-refractivity contribution in [3.05, 3.63) is 15.6 Å². The number of aryl methyl sites for hydroxylation is 1. The van der Waals surface area contributed by atoms with Crippen LogP contribution >= 0.6 is 11.3 Å². The SMILES string of the molecule is CC(=O)c1sc(C(C)N2CCOCC2)nc1C. The summed E-state index contributed by atoms with van der Waals surface area (Å²) in [6.07, 6.45) is 0. The van der Waals surface area contributed by atoms with E-state index < -0.39 is 0 Å². The molecule has 5 heteroatoms. The lowest BCUT2D eigenvalue weighted by Crippen LogP contribution is -2.37. The van der Waals surface area contributed by atoms with Crippen LogP contribution in [0.25, 0.3) is 0 Å². The molecule has 1 aromatic rings. The minimum Gasteiger partial charge on any atom is -0.379 e. The molecule has 1 atom stereocenters. The summed E-state index contributed by atoms with van der Waals surface area (Å²) < 4.78 is 5.34. The van der Waals surface area contributed by atoms with Gasteiger partial charge in [-0.05, 0) is 13.8 Å². The van der Waals surface area contributed by atoms with Gasteiger partial charge in [-0.2, -0.15) is 0 Å². The molecule has 0 spiro atoms. The Kier molecular flexibility index (Phi) is 3.91. The van der Waals surface area contributed by atoms with Crippen LogP contribution in [0.4, 0.5) is 0 Å². The van der Waals surface area contributed by atoms with Crippen LogP contribution in [-0.2, 0) is 4.74 Å². The molecule has 0 aromatic carbocycles. The number of ketones is 1. The summed E-state index contributed by atoms with van der Waals surface area (Å²) in [6, 6.07) is 0.274. The number of aromatic nitrogens is 1. The van der Waals surface area contributed by atoms with Crippen LogP contribution in [0.1, 0.15) is 40.3 Å². The molecule has 0 saturated carbocycles. The number of hydrogen-bond acceptors (Lipinski definition) is 5. The topological polar surface area (TPSA) is 42.4 Å². The zero-order valence-electron chi connectivity index (χ0n) is 10.5. The van der Waals surface area contributed by atoms with Crippen LogP contribution in [0.3, 0.4) is 0 Å². The first kappa shape index (κ1) is 12.7. The van der Waals surface area contributed by atoms with E-state index in [0.29, 0.717) is 0 Å². The predicted molar refractivity (Wildman–Crippen MR) is 67.7 cm³/mol. The van der Waals surface area contributed by atoms with E-state index in [-0.39, 0.29) is 11.8 Å². The van der Waals surface area contributed by atoms with Gasteiger partial charge in [-0.25, -0.2) is 4.98 Å². The normalized spacial score (nSPS) is 19.2. The van der Waals surface area contributed by atoms with Gasteiger partial charge in [-0.3, -0.25) is 9.69 Å². The van der Waals surface area contributed by atoms with Crippen LogP contribution in [0, 0.1) is 6.92 Å². The average molecular weight is 254 g/mol. The van der Waals surface area contributed by atoms with Gasteiger partial charge in [-0.1, -0.05) is 0 Å². The number of carbonyl (C=O) groups excluding carboxylic acids is 1. The van der Waals surface area contributed by atoms with Crippen LogP contribution in [0.2, 0.25) is 0 Å². The van der Waals surface area contributed by atoms with Crippen molar-refractivity contribution in [1.29, 1.82) is 0 Å². The van der Waals surface area contributed by atoms with Crippen molar-refractivity contribution in [2.75, 3.05) is 26.3 Å². The van der Waals surface area contributed by atoms with Crippen molar-refractivity contribution in [2.24, 2.45) is 0 Å². The number of rotatable bonds is 3. The minimum atomic E-state index is 0.112. The third-order valence-electron chi connectivity index (χ3n) is 3.08. The van der Waals surface area contributed by atoms with Gasteiger partial charge in [0.1, 0.15) is 5.01 Å². The number of Topliss-reactive ketones (excluding diaryl/α,β-unsaturated/α-hetero) is 1. The Hall–Kier alpha value is -0.780. The van der Waals surface area contributed by atoms with E-state index in [0.717, 1.165) is 41.9 Å². The molecular formula is C12H18N2O2S. The second-order valence-corrected chi connectivity index (χ2v) is 5.38. The Morgan fingerprint density at radius 1 is 1.47 bits per heavy atom. The zero-order valence-corrected chi connectivity index (χ0v) is 11.3. The van der Waals surface area contributed by atoms with Crippen LogP contribution < -0.4 is 0 Å². The molecule has 4 nitrogen and oxygen atoms in total. The fourth-order valence-electron chi connectivity index (χ4n) is 2.04. The average Bonchev–Trinajstić information content (AvgIpc) is 2.71. The number of morpholine rings is 1. The van der Waals surface area contributed by atoms with E-state index >= 15 is 0 Å². The van der Waals surface area contributed by atoms with E-state index in [1.165, 1.54) is 11.3 Å². The first-order valence-corrected chi connectivity index (χ1v) is 6.71. The van der Waals surface area contributed by atoms with E-state index in [4.69, 9.17) is 4.74 Å². The lowest BCUT2D eigenvalue weighted by atomic mass is 10.2. The minimum absolute atomic E-state index is 0.112. The molecule has 0 amide bonds. The van der Waals surface area contributed by atoms with Crippen LogP contribution in [-0.4, -0.2) is 42.0 Å². The second kappa shape index (κ2) is 5.25. The largest absolute Gasteiger partial charge is 0.379 e. The number of hydrogen-bond donors (Lipinski definition) is 0. The van der Waals surface area contributed by atoms with Crippen molar-refractivity contribution in [1.82, 2.24) is 9.88 Å². The fourth-order valence-corrected chi connectivity index (χ4v) is 3.09. The Morgan fingerprint density at radius 3 is 2.65 bits per heavy atom. The van der Waals surface area contributed by atoms with Gasteiger partial charge >= 0.3 is 0 Å². The fraction of sp³-hybridized carbons (Fsp3) is 0.667. The molecule has 2 rings (SSSR count). The van der Waals surface area contributed by atoms with Gasteiger partial charge in [-0.15, -0.1) is 11.3 Å². The smallest absolute Gasteiger partial charge is 0.171 e.